The number of carbonyl (C=O) groups is 1. The number of nitrogens with one attached hydrogen (secondary N) is 1. The van der Waals surface area contributed by atoms with Crippen molar-refractivity contribution in [3.8, 4) is 0 Å². The Hall–Kier alpha value is -1.10. The normalized spacial score (nSPS) is 22.9. The summed E-state index contributed by atoms with van der Waals surface area (Å²) in [6.07, 6.45) is 1.24. The number of hydrogen-bond donors (Lipinski definition) is 1. The van der Waals surface area contributed by atoms with Crippen molar-refractivity contribution in [2.24, 2.45) is 0 Å². The zero-order valence-electron chi connectivity index (χ0n) is 12.5. The van der Waals surface area contributed by atoms with Crippen LogP contribution in [0.15, 0.2) is 24.3 Å². The fraction of sp³-hybridized carbons (Fsp3) is 0.562. The van der Waals surface area contributed by atoms with Gasteiger partial charge in [0, 0.05) is 44.3 Å². The molecule has 4 nitrogen and oxygen atoms in total. The lowest BCUT2D eigenvalue weighted by molar-refractivity contribution is 0.0583. The maximum Gasteiger partial charge on any atom is 0.254 e. The number of amides is 1. The molecule has 21 heavy (non-hydrogen) atoms. The highest BCUT2D eigenvalue weighted by molar-refractivity contribution is 5.95. The second-order valence-corrected chi connectivity index (χ2v) is 5.79. The standard InChI is InChI=1S/C16H23N3O.ClH/c1-13-4-2-3-5-15(13)16(20)19-10-8-18(9-11-19)14-6-7-17-12-14;/h2-5,14,17H,6-12H2,1H3;1H. The maximum atomic E-state index is 12.5. The molecular weight excluding hydrogens is 286 g/mol. The van der Waals surface area contributed by atoms with E-state index >= 15 is 0 Å². The third-order valence-corrected chi connectivity index (χ3v) is 4.53. The highest BCUT2D eigenvalue weighted by atomic mass is 35.5. The van der Waals surface area contributed by atoms with Gasteiger partial charge >= 0.3 is 0 Å². The summed E-state index contributed by atoms with van der Waals surface area (Å²) in [5.41, 5.74) is 1.92. The van der Waals surface area contributed by atoms with Crippen LogP contribution in [0.25, 0.3) is 0 Å². The predicted octanol–water partition coefficient (Wildman–Crippen LogP) is 1.54. The van der Waals surface area contributed by atoms with E-state index in [1.807, 2.05) is 36.1 Å². The second kappa shape index (κ2) is 7.25. The Balaban J connectivity index is 0.00000161. The van der Waals surface area contributed by atoms with E-state index in [-0.39, 0.29) is 18.3 Å². The first-order valence-electron chi connectivity index (χ1n) is 7.55. The zero-order valence-corrected chi connectivity index (χ0v) is 13.4. The molecule has 2 aliphatic heterocycles. The Bertz CT molecular complexity index is 480. The fourth-order valence-electron chi connectivity index (χ4n) is 3.22. The van der Waals surface area contributed by atoms with Crippen molar-refractivity contribution in [1.82, 2.24) is 15.1 Å². The van der Waals surface area contributed by atoms with Crippen LogP contribution in [0.3, 0.4) is 0 Å². The van der Waals surface area contributed by atoms with Crippen molar-refractivity contribution >= 4 is 18.3 Å². The van der Waals surface area contributed by atoms with Crippen molar-refractivity contribution in [2.75, 3.05) is 39.3 Å². The number of hydrogen-bond acceptors (Lipinski definition) is 3. The summed E-state index contributed by atoms with van der Waals surface area (Å²) >= 11 is 0. The van der Waals surface area contributed by atoms with E-state index in [0.29, 0.717) is 6.04 Å². The molecule has 1 amide bonds. The molecule has 5 heteroatoms. The number of halogens is 1. The lowest BCUT2D eigenvalue weighted by Gasteiger charge is -2.38. The average molecular weight is 310 g/mol. The second-order valence-electron chi connectivity index (χ2n) is 5.79. The molecular formula is C16H24ClN3O. The Morgan fingerprint density at radius 3 is 2.52 bits per heavy atom. The van der Waals surface area contributed by atoms with Gasteiger partial charge in [-0.3, -0.25) is 9.69 Å². The first-order valence-corrected chi connectivity index (χ1v) is 7.55. The van der Waals surface area contributed by atoms with Crippen LogP contribution in [-0.4, -0.2) is 61.0 Å². The maximum absolute atomic E-state index is 12.5. The zero-order chi connectivity index (χ0) is 13.9. The molecule has 2 aliphatic rings. The molecule has 0 aliphatic carbocycles. The summed E-state index contributed by atoms with van der Waals surface area (Å²) in [7, 11) is 0. The van der Waals surface area contributed by atoms with E-state index in [1.54, 1.807) is 0 Å². The van der Waals surface area contributed by atoms with Crippen LogP contribution in [0.1, 0.15) is 22.3 Å². The summed E-state index contributed by atoms with van der Waals surface area (Å²) in [5, 5.41) is 3.41. The predicted molar refractivity (Wildman–Crippen MR) is 87.2 cm³/mol. The van der Waals surface area contributed by atoms with Crippen LogP contribution >= 0.6 is 12.4 Å². The van der Waals surface area contributed by atoms with Crippen LogP contribution in [-0.2, 0) is 0 Å². The smallest absolute Gasteiger partial charge is 0.254 e. The van der Waals surface area contributed by atoms with Gasteiger partial charge in [0.15, 0.2) is 0 Å². The molecule has 0 saturated carbocycles. The number of nitrogens with zero attached hydrogens (tertiary/aromatic N) is 2. The molecule has 1 aromatic rings. The van der Waals surface area contributed by atoms with Gasteiger partial charge in [-0.05, 0) is 31.5 Å². The Kier molecular flexibility index (Phi) is 5.62. The van der Waals surface area contributed by atoms with Gasteiger partial charge in [0.05, 0.1) is 0 Å². The number of rotatable bonds is 2. The van der Waals surface area contributed by atoms with E-state index < -0.39 is 0 Å². The minimum atomic E-state index is 0. The summed E-state index contributed by atoms with van der Waals surface area (Å²) in [5.74, 6) is 0.187. The highest BCUT2D eigenvalue weighted by Gasteiger charge is 2.28. The first-order chi connectivity index (χ1) is 9.75. The highest BCUT2D eigenvalue weighted by Crippen LogP contribution is 2.15. The minimum absolute atomic E-state index is 0. The molecule has 116 valence electrons. The van der Waals surface area contributed by atoms with Crippen LogP contribution in [0.4, 0.5) is 0 Å². The molecule has 1 atom stereocenters. The Labute approximate surface area is 132 Å². The van der Waals surface area contributed by atoms with Gasteiger partial charge in [-0.25, -0.2) is 0 Å². The molecule has 1 aromatic carbocycles. The first kappa shape index (κ1) is 16.3. The van der Waals surface area contributed by atoms with Crippen LogP contribution in [0.5, 0.6) is 0 Å². The van der Waals surface area contributed by atoms with Crippen LogP contribution in [0.2, 0.25) is 0 Å². The third kappa shape index (κ3) is 3.57. The van der Waals surface area contributed by atoms with E-state index in [9.17, 15) is 4.79 Å². The molecule has 2 fully saturated rings. The van der Waals surface area contributed by atoms with Crippen molar-refractivity contribution in [3.63, 3.8) is 0 Å². The molecule has 2 saturated heterocycles. The molecule has 0 bridgehead atoms. The largest absolute Gasteiger partial charge is 0.336 e. The van der Waals surface area contributed by atoms with Gasteiger partial charge in [-0.2, -0.15) is 0 Å². The molecule has 1 unspecified atom stereocenters. The van der Waals surface area contributed by atoms with Crippen molar-refractivity contribution < 1.29 is 4.79 Å². The van der Waals surface area contributed by atoms with Crippen LogP contribution < -0.4 is 5.32 Å². The van der Waals surface area contributed by atoms with Crippen molar-refractivity contribution in [1.29, 1.82) is 0 Å². The molecule has 1 N–H and O–H groups in total. The van der Waals surface area contributed by atoms with Crippen molar-refractivity contribution in [2.45, 2.75) is 19.4 Å². The van der Waals surface area contributed by atoms with Gasteiger partial charge in [0.1, 0.15) is 0 Å². The van der Waals surface area contributed by atoms with Gasteiger partial charge in [-0.1, -0.05) is 18.2 Å². The average Bonchev–Trinajstić information content (AvgIpc) is 3.01. The van der Waals surface area contributed by atoms with Crippen LogP contribution in [0, 0.1) is 6.92 Å². The third-order valence-electron chi connectivity index (χ3n) is 4.53. The lowest BCUT2D eigenvalue weighted by atomic mass is 10.1. The van der Waals surface area contributed by atoms with E-state index in [4.69, 9.17) is 0 Å². The van der Waals surface area contributed by atoms with Gasteiger partial charge in [0.25, 0.3) is 5.91 Å². The molecule has 2 heterocycles. The number of piperazine rings is 1. The molecule has 0 spiro atoms. The summed E-state index contributed by atoms with van der Waals surface area (Å²) in [6, 6.07) is 8.54. The molecule has 3 rings (SSSR count). The van der Waals surface area contributed by atoms with E-state index in [0.717, 1.165) is 50.4 Å². The van der Waals surface area contributed by atoms with Gasteiger partial charge < -0.3 is 10.2 Å². The quantitative estimate of drug-likeness (QED) is 0.900. The Morgan fingerprint density at radius 2 is 1.90 bits per heavy atom. The van der Waals surface area contributed by atoms with Gasteiger partial charge in [0.2, 0.25) is 0 Å². The summed E-state index contributed by atoms with van der Waals surface area (Å²) in [6.45, 7) is 7.95. The SMILES string of the molecule is Cc1ccccc1C(=O)N1CCN(C2CCNC2)CC1.Cl. The summed E-state index contributed by atoms with van der Waals surface area (Å²) < 4.78 is 0. The number of benzene rings is 1. The lowest BCUT2D eigenvalue weighted by Crippen LogP contribution is -2.52. The Morgan fingerprint density at radius 1 is 1.19 bits per heavy atom. The van der Waals surface area contributed by atoms with E-state index in [1.165, 1.54) is 6.42 Å². The van der Waals surface area contributed by atoms with Gasteiger partial charge in [-0.15, -0.1) is 12.4 Å². The molecule has 0 radical (unpaired) electrons. The monoisotopic (exact) mass is 309 g/mol. The topological polar surface area (TPSA) is 35.6 Å². The minimum Gasteiger partial charge on any atom is -0.336 e. The fourth-order valence-corrected chi connectivity index (χ4v) is 3.22. The summed E-state index contributed by atoms with van der Waals surface area (Å²) in [4.78, 5) is 17.1. The van der Waals surface area contributed by atoms with E-state index in [2.05, 4.69) is 10.2 Å². The number of aryl methyl sites for hydroxylation is 1. The molecule has 0 aromatic heterocycles. The van der Waals surface area contributed by atoms with Crippen molar-refractivity contribution in [3.05, 3.63) is 35.4 Å². The number of carbonyl (C=O) groups excluding carboxylic acids is 1.